The fourth-order valence-electron chi connectivity index (χ4n) is 2.73. The lowest BCUT2D eigenvalue weighted by atomic mass is 9.98. The predicted octanol–water partition coefficient (Wildman–Crippen LogP) is 1.86. The summed E-state index contributed by atoms with van der Waals surface area (Å²) >= 11 is 0. The summed E-state index contributed by atoms with van der Waals surface area (Å²) in [5, 5.41) is 14.2. The van der Waals surface area contributed by atoms with Gasteiger partial charge in [-0.1, -0.05) is 5.21 Å². The Morgan fingerprint density at radius 3 is 3.19 bits per heavy atom. The van der Waals surface area contributed by atoms with Crippen LogP contribution >= 0.6 is 0 Å². The number of nitrogens with one attached hydrogen (secondary N) is 1. The first-order valence-corrected chi connectivity index (χ1v) is 6.84. The number of nitrogens with zero attached hydrogens (tertiary/aromatic N) is 5. The summed E-state index contributed by atoms with van der Waals surface area (Å²) in [5.41, 5.74) is 1.12. The SMILES string of the molecule is Fc1ccc2oc(N3CCC[C@@H](c4nn[nH]n4)C3)nc2c1. The third-order valence-electron chi connectivity index (χ3n) is 3.76. The molecule has 108 valence electrons. The van der Waals surface area contributed by atoms with Crippen LogP contribution in [0.25, 0.3) is 11.1 Å². The van der Waals surface area contributed by atoms with Gasteiger partial charge in [-0.3, -0.25) is 0 Å². The second-order valence-corrected chi connectivity index (χ2v) is 5.16. The maximum atomic E-state index is 13.2. The van der Waals surface area contributed by atoms with Crippen molar-refractivity contribution in [3.63, 3.8) is 0 Å². The highest BCUT2D eigenvalue weighted by atomic mass is 19.1. The molecule has 2 aromatic heterocycles. The van der Waals surface area contributed by atoms with Crippen molar-refractivity contribution in [3.05, 3.63) is 29.8 Å². The Morgan fingerprint density at radius 1 is 1.38 bits per heavy atom. The monoisotopic (exact) mass is 288 g/mol. The average molecular weight is 288 g/mol. The molecule has 7 nitrogen and oxygen atoms in total. The van der Waals surface area contributed by atoms with Crippen LogP contribution < -0.4 is 4.90 Å². The molecule has 0 spiro atoms. The normalized spacial score (nSPS) is 19.3. The first-order valence-electron chi connectivity index (χ1n) is 6.84. The maximum Gasteiger partial charge on any atom is 0.298 e. The number of aromatic amines is 1. The predicted molar refractivity (Wildman–Crippen MR) is 72.3 cm³/mol. The third kappa shape index (κ3) is 2.22. The first-order chi connectivity index (χ1) is 10.3. The van der Waals surface area contributed by atoms with Crippen LogP contribution in [0, 0.1) is 5.82 Å². The summed E-state index contributed by atoms with van der Waals surface area (Å²) in [7, 11) is 0. The van der Waals surface area contributed by atoms with Gasteiger partial charge in [0.05, 0.1) is 0 Å². The number of piperidine rings is 1. The van der Waals surface area contributed by atoms with Gasteiger partial charge in [0.15, 0.2) is 11.4 Å². The number of hydrogen-bond donors (Lipinski definition) is 1. The molecule has 3 heterocycles. The number of H-pyrrole nitrogens is 1. The number of fused-ring (bicyclic) bond motifs is 1. The van der Waals surface area contributed by atoms with Gasteiger partial charge in [0.2, 0.25) is 0 Å². The lowest BCUT2D eigenvalue weighted by molar-refractivity contribution is 0.457. The number of tetrazole rings is 1. The fraction of sp³-hybridized carbons (Fsp3) is 0.385. The van der Waals surface area contributed by atoms with Crippen molar-refractivity contribution >= 4 is 17.1 Å². The van der Waals surface area contributed by atoms with Gasteiger partial charge >= 0.3 is 0 Å². The van der Waals surface area contributed by atoms with Gasteiger partial charge in [0.25, 0.3) is 6.01 Å². The van der Waals surface area contributed by atoms with Crippen LogP contribution in [0.5, 0.6) is 0 Å². The number of hydrogen-bond acceptors (Lipinski definition) is 6. The van der Waals surface area contributed by atoms with E-state index in [4.69, 9.17) is 4.42 Å². The molecule has 0 unspecified atom stereocenters. The van der Waals surface area contributed by atoms with Crippen molar-refractivity contribution < 1.29 is 8.81 Å². The van der Waals surface area contributed by atoms with E-state index in [1.54, 1.807) is 6.07 Å². The van der Waals surface area contributed by atoms with Crippen LogP contribution in [0.4, 0.5) is 10.4 Å². The maximum absolute atomic E-state index is 13.2. The van der Waals surface area contributed by atoms with E-state index in [0.717, 1.165) is 25.9 Å². The highest BCUT2D eigenvalue weighted by Crippen LogP contribution is 2.29. The minimum absolute atomic E-state index is 0.198. The highest BCUT2D eigenvalue weighted by Gasteiger charge is 2.27. The van der Waals surface area contributed by atoms with E-state index in [1.807, 2.05) is 4.90 Å². The molecule has 0 radical (unpaired) electrons. The van der Waals surface area contributed by atoms with E-state index < -0.39 is 0 Å². The zero-order valence-electron chi connectivity index (χ0n) is 11.2. The largest absolute Gasteiger partial charge is 0.423 e. The molecule has 1 aliphatic heterocycles. The van der Waals surface area contributed by atoms with Gasteiger partial charge in [-0.15, -0.1) is 10.2 Å². The van der Waals surface area contributed by atoms with Crippen molar-refractivity contribution in [1.29, 1.82) is 0 Å². The number of rotatable bonds is 2. The zero-order chi connectivity index (χ0) is 14.2. The number of oxazole rings is 1. The summed E-state index contributed by atoms with van der Waals surface area (Å²) in [6.45, 7) is 1.57. The molecule has 1 aliphatic rings. The molecule has 21 heavy (non-hydrogen) atoms. The van der Waals surface area contributed by atoms with Crippen LogP contribution in [0.3, 0.4) is 0 Å². The minimum Gasteiger partial charge on any atom is -0.423 e. The van der Waals surface area contributed by atoms with E-state index in [2.05, 4.69) is 25.6 Å². The molecule has 0 bridgehead atoms. The second kappa shape index (κ2) is 4.80. The number of halogens is 1. The molecule has 0 amide bonds. The van der Waals surface area contributed by atoms with Gasteiger partial charge in [-0.2, -0.15) is 10.2 Å². The molecule has 0 aliphatic carbocycles. The Hall–Kier alpha value is -2.51. The van der Waals surface area contributed by atoms with Crippen molar-refractivity contribution in [3.8, 4) is 0 Å². The van der Waals surface area contributed by atoms with Crippen LogP contribution in [0.1, 0.15) is 24.6 Å². The molecule has 3 aromatic rings. The summed E-state index contributed by atoms with van der Waals surface area (Å²) < 4.78 is 18.9. The molecule has 4 rings (SSSR count). The van der Waals surface area contributed by atoms with Crippen LogP contribution in [-0.2, 0) is 0 Å². The first kappa shape index (κ1) is 12.2. The molecule has 0 saturated carbocycles. The molecule has 1 fully saturated rings. The van der Waals surface area contributed by atoms with Gasteiger partial charge in [-0.05, 0) is 25.0 Å². The van der Waals surface area contributed by atoms with Gasteiger partial charge < -0.3 is 9.32 Å². The standard InChI is InChI=1S/C13H13FN6O/c14-9-3-4-11-10(6-9)15-13(21-11)20-5-1-2-8(7-20)12-16-18-19-17-12/h3-4,6,8H,1-2,5,7H2,(H,16,17,18,19)/t8-/m1/s1. The van der Waals surface area contributed by atoms with Crippen molar-refractivity contribution in [2.24, 2.45) is 0 Å². The number of benzene rings is 1. The van der Waals surface area contributed by atoms with E-state index in [9.17, 15) is 4.39 Å². The molecule has 1 saturated heterocycles. The lowest BCUT2D eigenvalue weighted by Crippen LogP contribution is -2.35. The number of aromatic nitrogens is 5. The minimum atomic E-state index is -0.314. The molecule has 1 aromatic carbocycles. The molecule has 1 atom stereocenters. The molecule has 1 N–H and O–H groups in total. The Labute approximate surface area is 119 Å². The average Bonchev–Trinajstić information content (AvgIpc) is 3.16. The Bertz CT molecular complexity index is 755. The van der Waals surface area contributed by atoms with Crippen molar-refractivity contribution in [2.45, 2.75) is 18.8 Å². The van der Waals surface area contributed by atoms with E-state index in [1.165, 1.54) is 12.1 Å². The van der Waals surface area contributed by atoms with E-state index in [-0.39, 0.29) is 11.7 Å². The van der Waals surface area contributed by atoms with Gasteiger partial charge in [0.1, 0.15) is 11.3 Å². The topological polar surface area (TPSA) is 83.7 Å². The van der Waals surface area contributed by atoms with Crippen molar-refractivity contribution in [2.75, 3.05) is 18.0 Å². The van der Waals surface area contributed by atoms with Gasteiger partial charge in [-0.25, -0.2) is 4.39 Å². The third-order valence-corrected chi connectivity index (χ3v) is 3.76. The van der Waals surface area contributed by atoms with E-state index in [0.29, 0.717) is 22.9 Å². The van der Waals surface area contributed by atoms with Crippen LogP contribution in [0.15, 0.2) is 22.6 Å². The number of anilines is 1. The molecule has 8 heteroatoms. The molecular weight excluding hydrogens is 275 g/mol. The molecular formula is C13H13FN6O. The lowest BCUT2D eigenvalue weighted by Gasteiger charge is -2.29. The summed E-state index contributed by atoms with van der Waals surface area (Å²) in [6.07, 6.45) is 2.00. The zero-order valence-corrected chi connectivity index (χ0v) is 11.2. The summed E-state index contributed by atoms with van der Waals surface area (Å²) in [6, 6.07) is 4.86. The summed E-state index contributed by atoms with van der Waals surface area (Å²) in [4.78, 5) is 6.41. The van der Waals surface area contributed by atoms with Gasteiger partial charge in [0, 0.05) is 25.1 Å². The quantitative estimate of drug-likeness (QED) is 0.775. The smallest absolute Gasteiger partial charge is 0.298 e. The van der Waals surface area contributed by atoms with Crippen LogP contribution in [-0.4, -0.2) is 38.7 Å². The second-order valence-electron chi connectivity index (χ2n) is 5.16. The van der Waals surface area contributed by atoms with E-state index >= 15 is 0 Å². The van der Waals surface area contributed by atoms with Crippen molar-refractivity contribution in [1.82, 2.24) is 25.6 Å². The highest BCUT2D eigenvalue weighted by molar-refractivity contribution is 5.74. The summed E-state index contributed by atoms with van der Waals surface area (Å²) in [5.74, 6) is 0.594. The van der Waals surface area contributed by atoms with Crippen LogP contribution in [0.2, 0.25) is 0 Å². The Kier molecular flexibility index (Phi) is 2.80. The Balaban J connectivity index is 1.62. The Morgan fingerprint density at radius 2 is 2.33 bits per heavy atom. The fourth-order valence-corrected chi connectivity index (χ4v) is 2.73.